The van der Waals surface area contributed by atoms with E-state index >= 15 is 0 Å². The van der Waals surface area contributed by atoms with Crippen LogP contribution in [0.4, 0.5) is 4.79 Å². The van der Waals surface area contributed by atoms with Gasteiger partial charge in [0.25, 0.3) is 0 Å². The lowest BCUT2D eigenvalue weighted by molar-refractivity contribution is 0.00711. The summed E-state index contributed by atoms with van der Waals surface area (Å²) in [6, 6.07) is 14.0. The predicted molar refractivity (Wildman–Crippen MR) is 151 cm³/mol. The number of benzene rings is 2. The summed E-state index contributed by atoms with van der Waals surface area (Å²) in [6.07, 6.45) is 2.12. The number of nitrogens with zero attached hydrogens (tertiary/aromatic N) is 1. The van der Waals surface area contributed by atoms with Gasteiger partial charge in [-0.15, -0.1) is 4.72 Å². The van der Waals surface area contributed by atoms with Gasteiger partial charge in [-0.2, -0.15) is 0 Å². The highest BCUT2D eigenvalue weighted by molar-refractivity contribution is 7.90. The molecule has 1 amide bonds. The molecule has 8 heteroatoms. The molecule has 1 N–H and O–H groups in total. The molecule has 0 aromatic heterocycles. The summed E-state index contributed by atoms with van der Waals surface area (Å²) in [4.78, 5) is 14.6. The van der Waals surface area contributed by atoms with Gasteiger partial charge in [-0.25, -0.2) is 4.79 Å². The van der Waals surface area contributed by atoms with E-state index in [4.69, 9.17) is 14.2 Å². The van der Waals surface area contributed by atoms with Crippen molar-refractivity contribution in [2.75, 3.05) is 20.2 Å². The second-order valence-electron chi connectivity index (χ2n) is 12.4. The van der Waals surface area contributed by atoms with Gasteiger partial charge in [0.2, 0.25) is 0 Å². The fourth-order valence-electron chi connectivity index (χ4n) is 5.24. The molecule has 208 valence electrons. The number of methoxy groups -OCH3 is 1. The van der Waals surface area contributed by atoms with Crippen LogP contribution in [0.25, 0.3) is 0 Å². The lowest BCUT2D eigenvalue weighted by Gasteiger charge is -2.43. The third-order valence-corrected chi connectivity index (χ3v) is 8.93. The SMILES string of the molecule is COc1ccc(COc2cccc3c2CC2(CCN(C(=O)OC(C)(C)C)CC2)[C@@H]3N[S+]([O-])C(C)(C)C)cc1. The van der Waals surface area contributed by atoms with Crippen molar-refractivity contribution >= 4 is 17.5 Å². The van der Waals surface area contributed by atoms with Crippen LogP contribution in [0.1, 0.15) is 77.1 Å². The van der Waals surface area contributed by atoms with Crippen LogP contribution in [-0.4, -0.2) is 46.1 Å². The molecular weight excluding hydrogens is 500 g/mol. The number of piperidine rings is 1. The van der Waals surface area contributed by atoms with E-state index in [1.165, 1.54) is 0 Å². The Morgan fingerprint density at radius 3 is 2.32 bits per heavy atom. The molecular formula is C30H42N2O5S. The van der Waals surface area contributed by atoms with Crippen LogP contribution in [0.3, 0.4) is 0 Å². The summed E-state index contributed by atoms with van der Waals surface area (Å²) in [5, 5.41) is 0. The molecule has 0 saturated carbocycles. The molecule has 2 aromatic carbocycles. The van der Waals surface area contributed by atoms with Crippen molar-refractivity contribution < 1.29 is 23.6 Å². The van der Waals surface area contributed by atoms with E-state index in [2.05, 4.69) is 10.8 Å². The third-order valence-electron chi connectivity index (χ3n) is 7.37. The number of amides is 1. The van der Waals surface area contributed by atoms with Gasteiger partial charge in [-0.05, 0) is 95.7 Å². The maximum Gasteiger partial charge on any atom is 0.410 e. The Hall–Kier alpha value is -2.42. The average molecular weight is 543 g/mol. The van der Waals surface area contributed by atoms with Crippen LogP contribution in [0, 0.1) is 5.41 Å². The van der Waals surface area contributed by atoms with E-state index < -0.39 is 21.7 Å². The molecule has 1 unspecified atom stereocenters. The molecule has 1 aliphatic carbocycles. The Kier molecular flexibility index (Phi) is 8.26. The number of rotatable bonds is 6. The van der Waals surface area contributed by atoms with Gasteiger partial charge >= 0.3 is 6.09 Å². The molecule has 1 fully saturated rings. The first-order valence-electron chi connectivity index (χ1n) is 13.3. The molecule has 1 aliphatic heterocycles. The first-order chi connectivity index (χ1) is 17.8. The Balaban J connectivity index is 1.57. The molecule has 1 saturated heterocycles. The van der Waals surface area contributed by atoms with Gasteiger partial charge in [-0.1, -0.05) is 24.3 Å². The monoisotopic (exact) mass is 542 g/mol. The van der Waals surface area contributed by atoms with E-state index in [0.717, 1.165) is 47.5 Å². The average Bonchev–Trinajstić information content (AvgIpc) is 3.14. The number of nitrogens with one attached hydrogen (secondary N) is 1. The molecule has 4 rings (SSSR count). The van der Waals surface area contributed by atoms with Crippen LogP contribution in [0.5, 0.6) is 11.5 Å². The van der Waals surface area contributed by atoms with Gasteiger partial charge in [0.1, 0.15) is 28.5 Å². The fourth-order valence-corrected chi connectivity index (χ4v) is 6.19. The second-order valence-corrected chi connectivity index (χ2v) is 14.4. The number of ether oxygens (including phenoxy) is 3. The van der Waals surface area contributed by atoms with Crippen molar-refractivity contribution in [1.82, 2.24) is 9.62 Å². The van der Waals surface area contributed by atoms with Gasteiger partial charge in [0, 0.05) is 29.9 Å². The number of carbonyl (C=O) groups excluding carboxylic acids is 1. The number of likely N-dealkylation sites (tertiary alicyclic amines) is 1. The molecule has 2 atom stereocenters. The van der Waals surface area contributed by atoms with E-state index in [0.29, 0.717) is 19.7 Å². The van der Waals surface area contributed by atoms with Gasteiger partial charge in [-0.3, -0.25) is 0 Å². The largest absolute Gasteiger partial charge is 0.598 e. The first-order valence-corrected chi connectivity index (χ1v) is 14.5. The molecule has 7 nitrogen and oxygen atoms in total. The summed E-state index contributed by atoms with van der Waals surface area (Å²) < 4.78 is 33.6. The molecule has 1 spiro atoms. The minimum atomic E-state index is -1.24. The van der Waals surface area contributed by atoms with Crippen molar-refractivity contribution in [2.45, 2.75) is 83.8 Å². The second kappa shape index (κ2) is 11.0. The van der Waals surface area contributed by atoms with Crippen molar-refractivity contribution in [1.29, 1.82) is 0 Å². The Morgan fingerprint density at radius 2 is 1.74 bits per heavy atom. The molecule has 0 bridgehead atoms. The van der Waals surface area contributed by atoms with Crippen LogP contribution >= 0.6 is 0 Å². The van der Waals surface area contributed by atoms with Gasteiger partial charge in [0.05, 0.1) is 13.2 Å². The summed E-state index contributed by atoms with van der Waals surface area (Å²) in [5.41, 5.74) is 2.67. The van der Waals surface area contributed by atoms with Crippen molar-refractivity contribution in [2.24, 2.45) is 5.41 Å². The van der Waals surface area contributed by atoms with Crippen LogP contribution in [-0.2, 0) is 29.1 Å². The zero-order chi connectivity index (χ0) is 27.7. The van der Waals surface area contributed by atoms with Crippen LogP contribution < -0.4 is 14.2 Å². The summed E-state index contributed by atoms with van der Waals surface area (Å²) in [5.74, 6) is 1.67. The number of fused-ring (bicyclic) bond motifs is 1. The molecule has 1 heterocycles. The highest BCUT2D eigenvalue weighted by Crippen LogP contribution is 2.54. The first kappa shape index (κ1) is 28.6. The topological polar surface area (TPSA) is 83.1 Å². The van der Waals surface area contributed by atoms with Crippen LogP contribution in [0.15, 0.2) is 42.5 Å². The van der Waals surface area contributed by atoms with Crippen molar-refractivity contribution in [3.8, 4) is 11.5 Å². The smallest absolute Gasteiger partial charge is 0.410 e. The third kappa shape index (κ3) is 6.41. The minimum Gasteiger partial charge on any atom is -0.598 e. The normalized spacial score (nSPS) is 19.7. The summed E-state index contributed by atoms with van der Waals surface area (Å²) >= 11 is -1.24. The number of carbonyl (C=O) groups is 1. The molecule has 0 radical (unpaired) electrons. The minimum absolute atomic E-state index is 0.0946. The van der Waals surface area contributed by atoms with E-state index in [9.17, 15) is 9.35 Å². The Labute approximate surface area is 230 Å². The predicted octanol–water partition coefficient (Wildman–Crippen LogP) is 5.94. The highest BCUT2D eigenvalue weighted by Gasteiger charge is 2.52. The van der Waals surface area contributed by atoms with E-state index in [-0.39, 0.29) is 17.6 Å². The fraction of sp³-hybridized carbons (Fsp3) is 0.567. The number of hydrogen-bond acceptors (Lipinski definition) is 6. The Bertz CT molecular complexity index is 1110. The van der Waals surface area contributed by atoms with Gasteiger partial charge in [0.15, 0.2) is 0 Å². The summed E-state index contributed by atoms with van der Waals surface area (Å²) in [6.45, 7) is 13.3. The zero-order valence-corrected chi connectivity index (χ0v) is 24.6. The lowest BCUT2D eigenvalue weighted by atomic mass is 9.73. The van der Waals surface area contributed by atoms with Crippen LogP contribution in [0.2, 0.25) is 0 Å². The lowest BCUT2D eigenvalue weighted by Crippen LogP contribution is -2.51. The van der Waals surface area contributed by atoms with Gasteiger partial charge < -0.3 is 23.7 Å². The van der Waals surface area contributed by atoms with Crippen molar-refractivity contribution in [3.05, 3.63) is 59.2 Å². The molecule has 38 heavy (non-hydrogen) atoms. The van der Waals surface area contributed by atoms with Crippen molar-refractivity contribution in [3.63, 3.8) is 0 Å². The van der Waals surface area contributed by atoms with E-state index in [1.807, 2.05) is 77.9 Å². The van der Waals surface area contributed by atoms with E-state index in [1.54, 1.807) is 12.0 Å². The standard InChI is InChI=1S/C30H42N2O5S/c1-28(2,3)37-27(33)32-17-15-30(16-18-32)19-24-23(26(30)31-38(34)29(4,5)6)9-8-10-25(24)36-20-21-11-13-22(35-7)14-12-21/h8-14,26,31H,15-20H2,1-7H3/t26-,38?/m1/s1. The Morgan fingerprint density at radius 1 is 1.08 bits per heavy atom. The quantitative estimate of drug-likeness (QED) is 0.455. The highest BCUT2D eigenvalue weighted by atomic mass is 32.2. The number of hydrogen-bond donors (Lipinski definition) is 1. The molecule has 2 aliphatic rings. The molecule has 2 aromatic rings. The zero-order valence-electron chi connectivity index (χ0n) is 23.8. The maximum atomic E-state index is 13.3. The maximum absolute atomic E-state index is 13.3. The summed E-state index contributed by atoms with van der Waals surface area (Å²) in [7, 11) is 1.66.